The lowest BCUT2D eigenvalue weighted by Crippen LogP contribution is -2.12. The van der Waals surface area contributed by atoms with Crippen LogP contribution in [0.25, 0.3) is 42.4 Å². The normalized spacial score (nSPS) is 11.3. The molecule has 0 unspecified atom stereocenters. The average molecular weight is 1070 g/mol. The van der Waals surface area contributed by atoms with Gasteiger partial charge in [0.25, 0.3) is 0 Å². The fraction of sp³-hybridized carbons (Fsp3) is 0.132. The first-order valence-corrected chi connectivity index (χ1v) is 28.9. The van der Waals surface area contributed by atoms with Gasteiger partial charge in [-0.05, 0) is 228 Å². The van der Waals surface area contributed by atoms with E-state index < -0.39 is 0 Å². The van der Waals surface area contributed by atoms with Crippen molar-refractivity contribution in [1.82, 2.24) is 0 Å². The minimum Gasteiger partial charge on any atom is -0.344 e. The maximum Gasteiger partial charge on any atom is 0.0490 e. The van der Waals surface area contributed by atoms with Gasteiger partial charge < -0.3 is 19.6 Å². The number of hydrogen-bond acceptors (Lipinski definition) is 5. The highest BCUT2D eigenvalue weighted by Crippen LogP contribution is 2.45. The Hall–Kier alpha value is -9.16. The largest absolute Gasteiger partial charge is 0.344 e. The van der Waals surface area contributed by atoms with Crippen molar-refractivity contribution < 1.29 is 0 Å². The molecular weight excluding hydrogens is 1000 g/mol. The van der Waals surface area contributed by atoms with Crippen molar-refractivity contribution in [2.45, 2.75) is 62.3 Å². The van der Waals surface area contributed by atoms with Crippen molar-refractivity contribution in [3.63, 3.8) is 0 Å². The number of rotatable bonds is 13. The highest BCUT2D eigenvalue weighted by Gasteiger charge is 2.21. The van der Waals surface area contributed by atoms with E-state index in [0.717, 1.165) is 50.9 Å². The Bertz CT molecular complexity index is 4270. The molecule has 0 radical (unpaired) electrons. The average Bonchev–Trinajstić information content (AvgIpc) is 3.84. The number of nitrogens with zero attached hydrogens (tertiary/aromatic N) is 4. The predicted molar refractivity (Wildman–Crippen MR) is 351 cm³/mol. The SMILES string of the molecule is Cc1ccc(N(c2ccc(-c3ccc(N(c4ccc(-c5ccc(N(c6ccc7sc8ccc(N(C)c9ccc(C)cc9C)cc8c7c6)c6ccc(C)cc6C)cc5)cc4)c4ccc(C)cc4C)cc3)cc2)c2ccc(C)cc2C)cc1. The van der Waals surface area contributed by atoms with Crippen LogP contribution < -0.4 is 19.6 Å². The molecule has 0 saturated carbocycles. The Morgan fingerprint density at radius 1 is 0.235 bits per heavy atom. The lowest BCUT2D eigenvalue weighted by atomic mass is 10.0. The van der Waals surface area contributed by atoms with Gasteiger partial charge in [0.15, 0.2) is 0 Å². The van der Waals surface area contributed by atoms with E-state index in [1.165, 1.54) is 104 Å². The summed E-state index contributed by atoms with van der Waals surface area (Å²) in [6.07, 6.45) is 0. The molecule has 398 valence electrons. The van der Waals surface area contributed by atoms with Gasteiger partial charge in [0.05, 0.1) is 0 Å². The quantitative estimate of drug-likeness (QED) is 0.114. The number of anilines is 11. The molecule has 1 aromatic heterocycles. The minimum atomic E-state index is 1.10. The van der Waals surface area contributed by atoms with Gasteiger partial charge in [-0.1, -0.05) is 137 Å². The van der Waals surface area contributed by atoms with E-state index in [1.54, 1.807) is 0 Å². The van der Waals surface area contributed by atoms with Crippen LogP contribution in [-0.4, -0.2) is 7.05 Å². The Labute approximate surface area is 483 Å². The highest BCUT2D eigenvalue weighted by atomic mass is 32.1. The monoisotopic (exact) mass is 1070 g/mol. The Morgan fingerprint density at radius 3 is 0.827 bits per heavy atom. The number of aryl methyl sites for hydroxylation is 9. The van der Waals surface area contributed by atoms with Gasteiger partial charge in [-0.2, -0.15) is 0 Å². The van der Waals surface area contributed by atoms with Crippen LogP contribution in [0.1, 0.15) is 50.1 Å². The molecular formula is C76H68N4S. The van der Waals surface area contributed by atoms with Crippen LogP contribution in [0.3, 0.4) is 0 Å². The van der Waals surface area contributed by atoms with Gasteiger partial charge in [-0.15, -0.1) is 11.3 Å². The summed E-state index contributed by atoms with van der Waals surface area (Å²) in [7, 11) is 2.17. The molecule has 0 saturated heterocycles. The van der Waals surface area contributed by atoms with E-state index in [-0.39, 0.29) is 0 Å². The Morgan fingerprint density at radius 2 is 0.494 bits per heavy atom. The maximum absolute atomic E-state index is 2.42. The van der Waals surface area contributed by atoms with E-state index in [9.17, 15) is 0 Å². The second-order valence-corrected chi connectivity index (χ2v) is 23.3. The number of benzene rings is 11. The van der Waals surface area contributed by atoms with E-state index >= 15 is 0 Å². The summed E-state index contributed by atoms with van der Waals surface area (Å²) in [6.45, 7) is 19.6. The van der Waals surface area contributed by atoms with Crippen LogP contribution in [0.2, 0.25) is 0 Å². The predicted octanol–water partition coefficient (Wildman–Crippen LogP) is 22.3. The standard InChI is InChI=1S/C76H68N4S/c1-49-11-25-62(26-12-49)78(72-38-14-51(3)44-55(72)7)63-27-17-58(18-28-63)59-19-29-64(30-20-59)79(73-39-15-52(4)45-56(73)8)65-31-21-60(22-32-65)61-23-33-66(34-24-61)80(74-40-16-53(5)46-57(74)9)68-36-42-76-70(48-68)69-47-67(35-41-75(69)81-76)77(10)71-37-13-50(2)43-54(71)6/h11-48H,1-10H3. The summed E-state index contributed by atoms with van der Waals surface area (Å²) in [6, 6.07) is 85.7. The zero-order chi connectivity index (χ0) is 56.1. The zero-order valence-corrected chi connectivity index (χ0v) is 49.0. The fourth-order valence-electron chi connectivity index (χ4n) is 11.8. The van der Waals surface area contributed by atoms with E-state index in [2.05, 4.69) is 319 Å². The molecule has 0 atom stereocenters. The second-order valence-electron chi connectivity index (χ2n) is 22.2. The van der Waals surface area contributed by atoms with Crippen molar-refractivity contribution in [2.75, 3.05) is 26.6 Å². The van der Waals surface area contributed by atoms with Crippen molar-refractivity contribution in [2.24, 2.45) is 0 Å². The number of hydrogen-bond donors (Lipinski definition) is 0. The lowest BCUT2D eigenvalue weighted by molar-refractivity contribution is 1.18. The maximum atomic E-state index is 2.42. The molecule has 0 fully saturated rings. The first-order chi connectivity index (χ1) is 39.2. The number of fused-ring (bicyclic) bond motifs is 3. The molecule has 12 rings (SSSR count). The van der Waals surface area contributed by atoms with Crippen molar-refractivity contribution in [1.29, 1.82) is 0 Å². The molecule has 5 heteroatoms. The van der Waals surface area contributed by atoms with Gasteiger partial charge >= 0.3 is 0 Å². The highest BCUT2D eigenvalue weighted by molar-refractivity contribution is 7.25. The van der Waals surface area contributed by atoms with Crippen molar-refractivity contribution in [3.8, 4) is 22.3 Å². The molecule has 12 aromatic rings. The molecule has 0 spiro atoms. The third kappa shape index (κ3) is 10.5. The molecule has 0 bridgehead atoms. The summed E-state index contributed by atoms with van der Waals surface area (Å²) in [5, 5.41) is 2.54. The Balaban J connectivity index is 0.839. The topological polar surface area (TPSA) is 13.0 Å². The summed E-state index contributed by atoms with van der Waals surface area (Å²) in [5.41, 5.74) is 28.5. The first kappa shape index (κ1) is 52.5. The van der Waals surface area contributed by atoms with Gasteiger partial charge in [0.1, 0.15) is 0 Å². The first-order valence-electron chi connectivity index (χ1n) is 28.1. The van der Waals surface area contributed by atoms with E-state index in [4.69, 9.17) is 0 Å². The van der Waals surface area contributed by atoms with Gasteiger partial charge in [0, 0.05) is 89.8 Å². The van der Waals surface area contributed by atoms with Crippen LogP contribution in [-0.2, 0) is 0 Å². The van der Waals surface area contributed by atoms with Crippen LogP contribution in [0.4, 0.5) is 62.6 Å². The van der Waals surface area contributed by atoms with Crippen molar-refractivity contribution >= 4 is 94.1 Å². The number of thiophene rings is 1. The summed E-state index contributed by atoms with van der Waals surface area (Å²) in [5.74, 6) is 0. The van der Waals surface area contributed by atoms with Crippen LogP contribution >= 0.6 is 11.3 Å². The van der Waals surface area contributed by atoms with Gasteiger partial charge in [-0.25, -0.2) is 0 Å². The molecule has 0 N–H and O–H groups in total. The van der Waals surface area contributed by atoms with Crippen LogP contribution in [0.5, 0.6) is 0 Å². The zero-order valence-electron chi connectivity index (χ0n) is 48.1. The molecule has 4 nitrogen and oxygen atoms in total. The summed E-state index contributed by atoms with van der Waals surface area (Å²) in [4.78, 5) is 9.48. The van der Waals surface area contributed by atoms with Gasteiger partial charge in [-0.3, -0.25) is 0 Å². The fourth-order valence-corrected chi connectivity index (χ4v) is 12.8. The lowest BCUT2D eigenvalue weighted by Gasteiger charge is -2.28. The molecule has 0 aliphatic heterocycles. The summed E-state index contributed by atoms with van der Waals surface area (Å²) < 4.78 is 2.57. The molecule has 0 aliphatic rings. The molecule has 0 aliphatic carbocycles. The minimum absolute atomic E-state index is 1.10. The summed E-state index contributed by atoms with van der Waals surface area (Å²) >= 11 is 1.86. The third-order valence-electron chi connectivity index (χ3n) is 16.0. The van der Waals surface area contributed by atoms with Gasteiger partial charge in [0.2, 0.25) is 0 Å². The van der Waals surface area contributed by atoms with Crippen molar-refractivity contribution in [3.05, 3.63) is 281 Å². The van der Waals surface area contributed by atoms with Crippen LogP contribution in [0, 0.1) is 62.3 Å². The van der Waals surface area contributed by atoms with E-state index in [1.807, 2.05) is 11.3 Å². The van der Waals surface area contributed by atoms with Crippen LogP contribution in [0.15, 0.2) is 231 Å². The Kier molecular flexibility index (Phi) is 14.2. The van der Waals surface area contributed by atoms with E-state index in [0.29, 0.717) is 0 Å². The smallest absolute Gasteiger partial charge is 0.0490 e. The molecule has 0 amide bonds. The molecule has 11 aromatic carbocycles. The molecule has 81 heavy (non-hydrogen) atoms. The molecule has 1 heterocycles. The second kappa shape index (κ2) is 21.8. The third-order valence-corrected chi connectivity index (χ3v) is 17.2.